The van der Waals surface area contributed by atoms with E-state index in [1.165, 1.54) is 30.3 Å². The summed E-state index contributed by atoms with van der Waals surface area (Å²) in [5.74, 6) is -0.411. The third kappa shape index (κ3) is 7.30. The number of nitrogens with zero attached hydrogens (tertiary/aromatic N) is 5. The average Bonchev–Trinajstić information content (AvgIpc) is 3.68. The van der Waals surface area contributed by atoms with Crippen LogP contribution in [0.3, 0.4) is 0 Å². The quantitative estimate of drug-likeness (QED) is 0.168. The number of amides is 3. The van der Waals surface area contributed by atoms with Gasteiger partial charge in [0.1, 0.15) is 12.2 Å². The number of hydrogen-bond acceptors (Lipinski definition) is 9. The van der Waals surface area contributed by atoms with E-state index in [1.54, 1.807) is 54.7 Å². The summed E-state index contributed by atoms with van der Waals surface area (Å²) in [5, 5.41) is 30.4. The third-order valence-electron chi connectivity index (χ3n) is 6.38. The van der Waals surface area contributed by atoms with Crippen molar-refractivity contribution >= 4 is 47.0 Å². The van der Waals surface area contributed by atoms with E-state index in [-0.39, 0.29) is 12.8 Å². The Morgan fingerprint density at radius 2 is 2.09 bits per heavy atom. The second-order valence-corrected chi connectivity index (χ2v) is 9.83. The Hall–Kier alpha value is -5.34. The van der Waals surface area contributed by atoms with E-state index >= 15 is 0 Å². The number of halogens is 1. The van der Waals surface area contributed by atoms with Crippen LogP contribution in [0.25, 0.3) is 23.0 Å². The molecule has 2 aromatic carbocycles. The number of benzene rings is 2. The summed E-state index contributed by atoms with van der Waals surface area (Å²) in [4.78, 5) is 45.2. The number of anilines is 2. The summed E-state index contributed by atoms with van der Waals surface area (Å²) < 4.78 is 6.10. The lowest BCUT2D eigenvalue weighted by Gasteiger charge is -2.14. The standard InChI is InChI=1S/C28H26ClN9O5/c1-43-28(42)32-18-7-8-20-22(12-18)34-26(41)13-19(39)3-2-4-21(27-30-14-23(20)35-27)33-25(40)10-5-16-11-17(29)6-9-24(16)38-15-31-36-37-38/h2-3,5-12,14-15,19,21,39H,4,13H2,1H3,(H,30,35)(H,32,42)(H,33,40)(H,34,41)/b3-2+,10-5+/t19-,21?/m1/s1. The molecular weight excluding hydrogens is 578 g/mol. The molecule has 0 saturated heterocycles. The fourth-order valence-corrected chi connectivity index (χ4v) is 4.55. The number of aliphatic hydroxyl groups excluding tert-OH is 1. The molecule has 2 aromatic heterocycles. The van der Waals surface area contributed by atoms with Crippen LogP contribution in [0.1, 0.15) is 30.3 Å². The van der Waals surface area contributed by atoms with Crippen LogP contribution in [-0.2, 0) is 14.3 Å². The Labute approximate surface area is 249 Å². The number of aromatic nitrogens is 6. The number of aromatic amines is 1. The van der Waals surface area contributed by atoms with Crippen molar-refractivity contribution in [1.29, 1.82) is 0 Å². The molecule has 1 unspecified atom stereocenters. The average molecular weight is 604 g/mol. The first-order valence-electron chi connectivity index (χ1n) is 13.0. The summed E-state index contributed by atoms with van der Waals surface area (Å²) in [5.41, 5.74) is 3.12. The Balaban J connectivity index is 1.42. The SMILES string of the molecule is COC(=O)Nc1ccc2c(c1)NC(=O)C[C@H](O)/C=C/CC(NC(=O)/C=C/c1cc(Cl)ccc1-n1cnnn1)c1ncc-2[nH]1. The van der Waals surface area contributed by atoms with Gasteiger partial charge in [-0.25, -0.2) is 9.78 Å². The van der Waals surface area contributed by atoms with E-state index in [0.29, 0.717) is 44.7 Å². The predicted molar refractivity (Wildman–Crippen MR) is 157 cm³/mol. The van der Waals surface area contributed by atoms with E-state index in [0.717, 1.165) is 0 Å². The summed E-state index contributed by atoms with van der Waals surface area (Å²) in [7, 11) is 1.24. The summed E-state index contributed by atoms with van der Waals surface area (Å²) in [6.45, 7) is 0. The number of methoxy groups -OCH3 is 1. The van der Waals surface area contributed by atoms with Crippen LogP contribution >= 0.6 is 11.6 Å². The first kappa shape index (κ1) is 29.2. The number of carbonyl (C=O) groups is 3. The molecule has 15 heteroatoms. The van der Waals surface area contributed by atoms with Gasteiger partial charge in [-0.2, -0.15) is 4.68 Å². The van der Waals surface area contributed by atoms with Crippen molar-refractivity contribution in [3.05, 3.63) is 83.6 Å². The second kappa shape index (κ2) is 13.1. The maximum atomic E-state index is 13.1. The first-order valence-corrected chi connectivity index (χ1v) is 13.4. The van der Waals surface area contributed by atoms with Crippen LogP contribution in [0, 0.1) is 0 Å². The molecule has 14 nitrogen and oxygen atoms in total. The summed E-state index contributed by atoms with van der Waals surface area (Å²) in [6.07, 6.45) is 7.44. The van der Waals surface area contributed by atoms with Gasteiger partial charge in [0.05, 0.1) is 48.9 Å². The number of fused-ring (bicyclic) bond motifs is 4. The molecule has 0 radical (unpaired) electrons. The number of tetrazole rings is 1. The Morgan fingerprint density at radius 3 is 2.88 bits per heavy atom. The third-order valence-corrected chi connectivity index (χ3v) is 6.62. The molecule has 43 heavy (non-hydrogen) atoms. The molecule has 1 aliphatic heterocycles. The molecule has 1 aliphatic rings. The highest BCUT2D eigenvalue weighted by Crippen LogP contribution is 2.31. The van der Waals surface area contributed by atoms with Crippen LogP contribution < -0.4 is 16.0 Å². The normalized spacial score (nSPS) is 17.5. The molecule has 5 N–H and O–H groups in total. The molecule has 5 rings (SSSR count). The molecule has 3 heterocycles. The number of rotatable bonds is 5. The van der Waals surface area contributed by atoms with Crippen LogP contribution in [-0.4, -0.2) is 66.4 Å². The Kier molecular flexibility index (Phi) is 8.88. The van der Waals surface area contributed by atoms with Crippen LogP contribution in [0.5, 0.6) is 0 Å². The van der Waals surface area contributed by atoms with Crippen molar-refractivity contribution in [1.82, 2.24) is 35.5 Å². The van der Waals surface area contributed by atoms with Crippen molar-refractivity contribution in [2.45, 2.75) is 25.0 Å². The van der Waals surface area contributed by atoms with Gasteiger partial charge >= 0.3 is 6.09 Å². The second-order valence-electron chi connectivity index (χ2n) is 9.39. The van der Waals surface area contributed by atoms with E-state index in [1.807, 2.05) is 0 Å². The van der Waals surface area contributed by atoms with Gasteiger partial charge in [-0.1, -0.05) is 23.8 Å². The lowest BCUT2D eigenvalue weighted by Crippen LogP contribution is -2.27. The number of ether oxygens (including phenoxy) is 1. The van der Waals surface area contributed by atoms with E-state index < -0.39 is 30.1 Å². The van der Waals surface area contributed by atoms with E-state index in [2.05, 4.69) is 46.2 Å². The molecule has 2 atom stereocenters. The Bertz CT molecular complexity index is 1700. The molecule has 0 fully saturated rings. The van der Waals surface area contributed by atoms with Crippen molar-refractivity contribution in [2.24, 2.45) is 0 Å². The fraction of sp³-hybridized carbons (Fsp3) is 0.179. The number of imidazole rings is 1. The lowest BCUT2D eigenvalue weighted by molar-refractivity contribution is -0.118. The lowest BCUT2D eigenvalue weighted by atomic mass is 10.1. The van der Waals surface area contributed by atoms with Gasteiger partial charge in [-0.05, 0) is 59.3 Å². The van der Waals surface area contributed by atoms with Crippen LogP contribution in [0.4, 0.5) is 16.2 Å². The highest BCUT2D eigenvalue weighted by atomic mass is 35.5. The van der Waals surface area contributed by atoms with Gasteiger partial charge in [0.15, 0.2) is 0 Å². The molecule has 220 valence electrons. The topological polar surface area (TPSA) is 189 Å². The Morgan fingerprint density at radius 1 is 1.23 bits per heavy atom. The van der Waals surface area contributed by atoms with Gasteiger partial charge in [0, 0.05) is 27.9 Å². The maximum absolute atomic E-state index is 13.1. The highest BCUT2D eigenvalue weighted by molar-refractivity contribution is 6.30. The van der Waals surface area contributed by atoms with Crippen molar-refractivity contribution in [3.63, 3.8) is 0 Å². The smallest absolute Gasteiger partial charge is 0.411 e. The first-order chi connectivity index (χ1) is 20.8. The predicted octanol–water partition coefficient (Wildman–Crippen LogP) is 3.40. The number of carbonyl (C=O) groups excluding carboxylic acids is 3. The van der Waals surface area contributed by atoms with Gasteiger partial charge < -0.3 is 25.5 Å². The van der Waals surface area contributed by atoms with Crippen LogP contribution in [0.2, 0.25) is 5.02 Å². The molecular formula is C28H26ClN9O5. The zero-order chi connectivity index (χ0) is 30.3. The zero-order valence-electron chi connectivity index (χ0n) is 22.7. The van der Waals surface area contributed by atoms with E-state index in [9.17, 15) is 19.5 Å². The minimum Gasteiger partial charge on any atom is -0.453 e. The number of aliphatic hydroxyl groups is 1. The van der Waals surface area contributed by atoms with E-state index in [4.69, 9.17) is 11.6 Å². The monoisotopic (exact) mass is 603 g/mol. The van der Waals surface area contributed by atoms with Crippen molar-refractivity contribution in [3.8, 4) is 16.9 Å². The molecule has 2 bridgehead atoms. The number of hydrogen-bond donors (Lipinski definition) is 5. The molecule has 3 amide bonds. The fourth-order valence-electron chi connectivity index (χ4n) is 4.37. The van der Waals surface area contributed by atoms with Gasteiger partial charge in [-0.3, -0.25) is 14.9 Å². The minimum absolute atomic E-state index is 0.207. The highest BCUT2D eigenvalue weighted by Gasteiger charge is 2.20. The molecule has 0 saturated carbocycles. The molecule has 0 aliphatic carbocycles. The van der Waals surface area contributed by atoms with Crippen molar-refractivity contribution < 1.29 is 24.2 Å². The maximum Gasteiger partial charge on any atom is 0.411 e. The summed E-state index contributed by atoms with van der Waals surface area (Å²) >= 11 is 6.18. The van der Waals surface area contributed by atoms with Gasteiger partial charge in [-0.15, -0.1) is 5.10 Å². The number of nitrogens with one attached hydrogen (secondary N) is 4. The number of H-pyrrole nitrogens is 1. The molecule has 0 spiro atoms. The molecule has 4 aromatic rings. The zero-order valence-corrected chi connectivity index (χ0v) is 23.4. The van der Waals surface area contributed by atoms with Crippen LogP contribution in [0.15, 0.2) is 67.2 Å². The minimum atomic E-state index is -1.07. The largest absolute Gasteiger partial charge is 0.453 e. The van der Waals surface area contributed by atoms with Gasteiger partial charge in [0.2, 0.25) is 11.8 Å². The van der Waals surface area contributed by atoms with Gasteiger partial charge in [0.25, 0.3) is 0 Å². The van der Waals surface area contributed by atoms with Crippen molar-refractivity contribution in [2.75, 3.05) is 17.7 Å². The summed E-state index contributed by atoms with van der Waals surface area (Å²) in [6, 6.07) is 9.39.